The van der Waals surface area contributed by atoms with Gasteiger partial charge in [0.05, 0.1) is 18.3 Å². The Hall–Kier alpha value is -1.99. The second-order valence-electron chi connectivity index (χ2n) is 3.69. The van der Waals surface area contributed by atoms with E-state index in [9.17, 15) is 14.4 Å². The van der Waals surface area contributed by atoms with E-state index in [4.69, 9.17) is 10.2 Å². The highest BCUT2D eigenvalue weighted by molar-refractivity contribution is 5.93. The molecule has 0 aromatic carbocycles. The SMILES string of the molecule is CC(=O)c1cn(C/C=C/C(O)CO)c(=O)[nH]c1=O. The van der Waals surface area contributed by atoms with E-state index in [1.165, 1.54) is 25.3 Å². The molecule has 1 rings (SSSR count). The van der Waals surface area contributed by atoms with Crippen molar-refractivity contribution in [1.82, 2.24) is 9.55 Å². The van der Waals surface area contributed by atoms with Crippen molar-refractivity contribution >= 4 is 5.78 Å². The van der Waals surface area contributed by atoms with Gasteiger partial charge >= 0.3 is 5.69 Å². The lowest BCUT2D eigenvalue weighted by atomic mass is 10.2. The molecule has 0 radical (unpaired) electrons. The van der Waals surface area contributed by atoms with Gasteiger partial charge in [0.1, 0.15) is 0 Å². The summed E-state index contributed by atoms with van der Waals surface area (Å²) >= 11 is 0. The number of nitrogens with zero attached hydrogens (tertiary/aromatic N) is 1. The van der Waals surface area contributed by atoms with Gasteiger partial charge in [0.2, 0.25) is 0 Å². The lowest BCUT2D eigenvalue weighted by molar-refractivity contribution is 0.101. The van der Waals surface area contributed by atoms with Crippen LogP contribution in [0.3, 0.4) is 0 Å². The summed E-state index contributed by atoms with van der Waals surface area (Å²) in [6.45, 7) is 0.882. The second-order valence-corrected chi connectivity index (χ2v) is 3.69. The van der Waals surface area contributed by atoms with Gasteiger partial charge in [-0.15, -0.1) is 0 Å². The number of hydrogen-bond donors (Lipinski definition) is 3. The van der Waals surface area contributed by atoms with E-state index in [1.54, 1.807) is 0 Å². The fourth-order valence-electron chi connectivity index (χ4n) is 1.29. The van der Waals surface area contributed by atoms with Crippen LogP contribution >= 0.6 is 0 Å². The van der Waals surface area contributed by atoms with E-state index >= 15 is 0 Å². The van der Waals surface area contributed by atoms with Gasteiger partial charge < -0.3 is 10.2 Å². The Kier molecular flexibility index (Phi) is 4.75. The first kappa shape index (κ1) is 14.1. The van der Waals surface area contributed by atoms with Crippen molar-refractivity contribution in [3.8, 4) is 0 Å². The first-order valence-corrected chi connectivity index (χ1v) is 5.26. The van der Waals surface area contributed by atoms with Gasteiger partial charge in [-0.3, -0.25) is 19.1 Å². The number of ketones is 1. The van der Waals surface area contributed by atoms with E-state index < -0.39 is 29.7 Å². The van der Waals surface area contributed by atoms with E-state index in [-0.39, 0.29) is 12.1 Å². The maximum absolute atomic E-state index is 11.4. The molecule has 98 valence electrons. The Morgan fingerprint density at radius 2 is 2.22 bits per heavy atom. The van der Waals surface area contributed by atoms with Crippen LogP contribution in [0.15, 0.2) is 27.9 Å². The largest absolute Gasteiger partial charge is 0.393 e. The Morgan fingerprint density at radius 3 is 2.78 bits per heavy atom. The molecule has 0 spiro atoms. The first-order valence-electron chi connectivity index (χ1n) is 5.26. The number of nitrogens with one attached hydrogen (secondary N) is 1. The van der Waals surface area contributed by atoms with Crippen LogP contribution in [0, 0.1) is 0 Å². The van der Waals surface area contributed by atoms with Crippen molar-refractivity contribution in [2.24, 2.45) is 0 Å². The van der Waals surface area contributed by atoms with Crippen molar-refractivity contribution in [3.05, 3.63) is 44.8 Å². The van der Waals surface area contributed by atoms with Gasteiger partial charge in [-0.2, -0.15) is 0 Å². The molecule has 1 aromatic heterocycles. The summed E-state index contributed by atoms with van der Waals surface area (Å²) < 4.78 is 1.12. The number of rotatable bonds is 5. The Balaban J connectivity index is 3.00. The molecule has 1 unspecified atom stereocenters. The molecular weight excluding hydrogens is 240 g/mol. The number of hydrogen-bond acceptors (Lipinski definition) is 5. The second kappa shape index (κ2) is 6.08. The minimum atomic E-state index is -1.00. The van der Waals surface area contributed by atoms with Crippen LogP contribution in [0.1, 0.15) is 17.3 Å². The summed E-state index contributed by atoms with van der Waals surface area (Å²) in [5.74, 6) is -0.440. The number of carbonyl (C=O) groups excluding carboxylic acids is 1. The number of aromatic nitrogens is 2. The van der Waals surface area contributed by atoms with Gasteiger partial charge in [0.25, 0.3) is 5.56 Å². The summed E-state index contributed by atoms with van der Waals surface area (Å²) in [5, 5.41) is 17.6. The van der Waals surface area contributed by atoms with Gasteiger partial charge in [-0.05, 0) is 6.92 Å². The molecule has 1 atom stereocenters. The molecule has 18 heavy (non-hydrogen) atoms. The van der Waals surface area contributed by atoms with Gasteiger partial charge in [-0.1, -0.05) is 12.2 Å². The maximum Gasteiger partial charge on any atom is 0.328 e. The summed E-state index contributed by atoms with van der Waals surface area (Å²) in [6.07, 6.45) is 2.92. The molecule has 0 amide bonds. The third-order valence-corrected chi connectivity index (χ3v) is 2.24. The van der Waals surface area contributed by atoms with Gasteiger partial charge in [0.15, 0.2) is 5.78 Å². The average molecular weight is 254 g/mol. The molecule has 1 aromatic rings. The van der Waals surface area contributed by atoms with Crippen molar-refractivity contribution in [3.63, 3.8) is 0 Å². The zero-order valence-electron chi connectivity index (χ0n) is 9.79. The molecule has 7 heteroatoms. The lowest BCUT2D eigenvalue weighted by Gasteiger charge is -2.03. The van der Waals surface area contributed by atoms with Crippen LogP contribution in [0.2, 0.25) is 0 Å². The average Bonchev–Trinajstić information content (AvgIpc) is 2.31. The molecule has 0 aliphatic rings. The number of Topliss-reactive ketones (excluding diaryl/α,β-unsaturated/α-hetero) is 1. The number of allylic oxidation sites excluding steroid dienone is 1. The number of aliphatic hydroxyl groups excluding tert-OH is 2. The van der Waals surface area contributed by atoms with Crippen LogP contribution in [0.25, 0.3) is 0 Å². The Bertz CT molecular complexity index is 570. The zero-order chi connectivity index (χ0) is 13.7. The minimum Gasteiger partial charge on any atom is -0.393 e. The predicted octanol–water partition coefficient (Wildman–Crippen LogP) is -1.35. The number of aromatic amines is 1. The highest BCUT2D eigenvalue weighted by Gasteiger charge is 2.07. The number of carbonyl (C=O) groups is 1. The quantitative estimate of drug-likeness (QED) is 0.444. The van der Waals surface area contributed by atoms with Crippen LogP contribution in [-0.2, 0) is 6.54 Å². The standard InChI is InChI=1S/C11H14N2O5/c1-7(15)9-5-13(11(18)12-10(9)17)4-2-3-8(16)6-14/h2-3,5,8,14,16H,4,6H2,1H3,(H,12,17,18)/b3-2+. The summed E-state index contributed by atoms with van der Waals surface area (Å²) in [6, 6.07) is 0. The van der Waals surface area contributed by atoms with E-state index in [0.717, 1.165) is 4.57 Å². The third-order valence-electron chi connectivity index (χ3n) is 2.24. The molecule has 0 bridgehead atoms. The molecule has 0 saturated heterocycles. The summed E-state index contributed by atoms with van der Waals surface area (Å²) in [4.78, 5) is 35.8. The molecule has 0 saturated carbocycles. The Morgan fingerprint density at radius 1 is 1.56 bits per heavy atom. The Labute approximate surface area is 102 Å². The summed E-state index contributed by atoms with van der Waals surface area (Å²) in [7, 11) is 0. The number of H-pyrrole nitrogens is 1. The summed E-state index contributed by atoms with van der Waals surface area (Å²) in [5.41, 5.74) is -1.47. The van der Waals surface area contributed by atoms with Gasteiger partial charge in [-0.25, -0.2) is 4.79 Å². The zero-order valence-corrected chi connectivity index (χ0v) is 9.79. The predicted molar refractivity (Wildman–Crippen MR) is 63.6 cm³/mol. The lowest BCUT2D eigenvalue weighted by Crippen LogP contribution is -2.32. The molecule has 0 fully saturated rings. The van der Waals surface area contributed by atoms with Crippen LogP contribution in [0.4, 0.5) is 0 Å². The molecule has 0 aliphatic carbocycles. The number of aliphatic hydroxyl groups is 2. The van der Waals surface area contributed by atoms with Crippen molar-refractivity contribution in [2.45, 2.75) is 19.6 Å². The third kappa shape index (κ3) is 3.51. The van der Waals surface area contributed by atoms with E-state index in [1.807, 2.05) is 4.98 Å². The fourth-order valence-corrected chi connectivity index (χ4v) is 1.29. The smallest absolute Gasteiger partial charge is 0.328 e. The molecule has 7 nitrogen and oxygen atoms in total. The van der Waals surface area contributed by atoms with Gasteiger partial charge in [0, 0.05) is 12.7 Å². The van der Waals surface area contributed by atoms with Crippen LogP contribution in [0.5, 0.6) is 0 Å². The van der Waals surface area contributed by atoms with Crippen LogP contribution in [-0.4, -0.2) is 38.3 Å². The van der Waals surface area contributed by atoms with E-state index in [0.29, 0.717) is 0 Å². The monoisotopic (exact) mass is 254 g/mol. The highest BCUT2D eigenvalue weighted by Crippen LogP contribution is 1.91. The van der Waals surface area contributed by atoms with E-state index in [2.05, 4.69) is 0 Å². The molecule has 0 aliphatic heterocycles. The van der Waals surface area contributed by atoms with Crippen molar-refractivity contribution in [1.29, 1.82) is 0 Å². The minimum absolute atomic E-state index is 0.0763. The first-order chi connectivity index (χ1) is 8.45. The normalized spacial score (nSPS) is 12.8. The molecular formula is C11H14N2O5. The fraction of sp³-hybridized carbons (Fsp3) is 0.364. The van der Waals surface area contributed by atoms with Crippen LogP contribution < -0.4 is 11.2 Å². The maximum atomic E-state index is 11.4. The topological polar surface area (TPSA) is 112 Å². The molecule has 3 N–H and O–H groups in total. The highest BCUT2D eigenvalue weighted by atomic mass is 16.3. The van der Waals surface area contributed by atoms with Crippen molar-refractivity contribution < 1.29 is 15.0 Å². The van der Waals surface area contributed by atoms with Crippen molar-refractivity contribution in [2.75, 3.05) is 6.61 Å². The molecule has 1 heterocycles.